The number of carboxylic acids is 1. The molecule has 8 nitrogen and oxygen atoms in total. The summed E-state index contributed by atoms with van der Waals surface area (Å²) < 4.78 is 24.7. The van der Waals surface area contributed by atoms with Gasteiger partial charge in [-0.1, -0.05) is 17.7 Å². The standard InChI is InChI=1S/C16H16N2O6S.Na/c1-8-3-5-10(6-4-8)13(19)17-11-14(20)18-12(16(21)22)9(2)7-25(23,24)15(11)18;/h3-6,11,15H,7H2,1-2H3,(H,17,19)(H,21,22);/q;+1/p-1/t11?,15-;/m0./s1. The largest absolute Gasteiger partial charge is 1.00 e. The molecule has 26 heavy (non-hydrogen) atoms. The van der Waals surface area contributed by atoms with Crippen LogP contribution in [0.3, 0.4) is 0 Å². The van der Waals surface area contributed by atoms with Gasteiger partial charge in [-0.05, 0) is 31.6 Å². The van der Waals surface area contributed by atoms with Gasteiger partial charge in [0, 0.05) is 5.56 Å². The third-order valence-corrected chi connectivity index (χ3v) is 6.32. The molecule has 1 aromatic carbocycles. The summed E-state index contributed by atoms with van der Waals surface area (Å²) in [6, 6.07) is 5.21. The van der Waals surface area contributed by atoms with E-state index in [9.17, 15) is 27.9 Å². The molecule has 132 valence electrons. The number of benzene rings is 1. The van der Waals surface area contributed by atoms with Crippen molar-refractivity contribution in [2.24, 2.45) is 0 Å². The number of fused-ring (bicyclic) bond motifs is 1. The predicted octanol–water partition coefficient (Wildman–Crippen LogP) is -4.28. The number of carboxylic acid groups (broad SMARTS) is 1. The van der Waals surface area contributed by atoms with Gasteiger partial charge in [-0.3, -0.25) is 14.5 Å². The van der Waals surface area contributed by atoms with E-state index in [0.29, 0.717) is 4.90 Å². The Balaban J connectivity index is 0.00000243. The van der Waals surface area contributed by atoms with Gasteiger partial charge < -0.3 is 15.2 Å². The monoisotopic (exact) mass is 386 g/mol. The minimum absolute atomic E-state index is 0. The molecule has 1 N–H and O–H groups in total. The maximum absolute atomic E-state index is 12.3. The minimum Gasteiger partial charge on any atom is -0.543 e. The Bertz CT molecular complexity index is 923. The van der Waals surface area contributed by atoms with Gasteiger partial charge in [0.05, 0.1) is 17.4 Å². The van der Waals surface area contributed by atoms with Gasteiger partial charge in [0.25, 0.3) is 11.8 Å². The van der Waals surface area contributed by atoms with E-state index in [4.69, 9.17) is 0 Å². The van der Waals surface area contributed by atoms with Crippen molar-refractivity contribution in [1.82, 2.24) is 10.2 Å². The molecular formula is C16H15N2NaO6S. The second-order valence-electron chi connectivity index (χ2n) is 6.14. The number of amides is 2. The van der Waals surface area contributed by atoms with Crippen molar-refractivity contribution in [2.75, 3.05) is 5.75 Å². The molecular weight excluding hydrogens is 371 g/mol. The second kappa shape index (κ2) is 7.15. The van der Waals surface area contributed by atoms with Crippen molar-refractivity contribution in [3.8, 4) is 0 Å². The van der Waals surface area contributed by atoms with Crippen LogP contribution in [0.1, 0.15) is 22.8 Å². The van der Waals surface area contributed by atoms with E-state index in [1.54, 1.807) is 24.3 Å². The molecule has 0 spiro atoms. The van der Waals surface area contributed by atoms with Crippen LogP contribution in [0.25, 0.3) is 0 Å². The summed E-state index contributed by atoms with van der Waals surface area (Å²) in [6.07, 6.45) is 0. The number of rotatable bonds is 3. The van der Waals surface area contributed by atoms with Crippen LogP contribution in [0.15, 0.2) is 35.5 Å². The van der Waals surface area contributed by atoms with Gasteiger partial charge in [-0.2, -0.15) is 0 Å². The number of carbonyl (C=O) groups is 3. The predicted molar refractivity (Wildman–Crippen MR) is 84.6 cm³/mol. The Morgan fingerprint density at radius 2 is 1.77 bits per heavy atom. The maximum atomic E-state index is 12.3. The summed E-state index contributed by atoms with van der Waals surface area (Å²) in [6.45, 7) is 3.17. The van der Waals surface area contributed by atoms with Gasteiger partial charge >= 0.3 is 29.6 Å². The first-order valence-corrected chi connectivity index (χ1v) is 9.18. The van der Waals surface area contributed by atoms with Gasteiger partial charge in [0.2, 0.25) is 0 Å². The number of aliphatic carboxylic acids is 1. The zero-order valence-corrected chi connectivity index (χ0v) is 17.3. The Morgan fingerprint density at radius 3 is 2.31 bits per heavy atom. The first kappa shape index (κ1) is 20.6. The molecule has 0 saturated carbocycles. The number of nitrogens with one attached hydrogen (secondary N) is 1. The first-order chi connectivity index (χ1) is 11.6. The van der Waals surface area contributed by atoms with Crippen LogP contribution in [0, 0.1) is 6.92 Å². The molecule has 0 radical (unpaired) electrons. The van der Waals surface area contributed by atoms with E-state index in [-0.39, 0.29) is 40.7 Å². The zero-order valence-electron chi connectivity index (χ0n) is 14.5. The van der Waals surface area contributed by atoms with Gasteiger partial charge in [0.15, 0.2) is 15.2 Å². The van der Waals surface area contributed by atoms with E-state index < -0.39 is 50.5 Å². The Morgan fingerprint density at radius 1 is 1.19 bits per heavy atom. The van der Waals surface area contributed by atoms with Crippen LogP contribution >= 0.6 is 0 Å². The molecule has 3 rings (SSSR count). The number of sulfone groups is 1. The molecule has 2 heterocycles. The molecule has 2 atom stereocenters. The average Bonchev–Trinajstić information content (AvgIpc) is 2.51. The molecule has 10 heteroatoms. The van der Waals surface area contributed by atoms with Crippen LogP contribution in [-0.4, -0.2) is 48.3 Å². The molecule has 0 bridgehead atoms. The third-order valence-electron chi connectivity index (χ3n) is 4.27. The van der Waals surface area contributed by atoms with Crippen LogP contribution < -0.4 is 40.0 Å². The Hall–Kier alpha value is -1.68. The van der Waals surface area contributed by atoms with Crippen molar-refractivity contribution in [3.63, 3.8) is 0 Å². The van der Waals surface area contributed by atoms with Crippen molar-refractivity contribution < 1.29 is 57.5 Å². The number of nitrogens with zero attached hydrogens (tertiary/aromatic N) is 1. The number of hydrogen-bond acceptors (Lipinski definition) is 6. The topological polar surface area (TPSA) is 124 Å². The van der Waals surface area contributed by atoms with Crippen LogP contribution in [-0.2, 0) is 19.4 Å². The SMILES string of the molecule is CC1=C(C(=O)[O-])N2C(=O)C(NC(=O)c3ccc(C)cc3)[C@@H]2S(=O)(=O)C1.[Na+]. The maximum Gasteiger partial charge on any atom is 1.00 e. The summed E-state index contributed by atoms with van der Waals surface area (Å²) >= 11 is 0. The number of aryl methyl sites for hydroxylation is 1. The summed E-state index contributed by atoms with van der Waals surface area (Å²) in [7, 11) is -3.81. The molecule has 0 aromatic heterocycles. The van der Waals surface area contributed by atoms with Crippen molar-refractivity contribution in [3.05, 3.63) is 46.7 Å². The smallest absolute Gasteiger partial charge is 0.543 e. The number of carbonyl (C=O) groups excluding carboxylic acids is 3. The normalized spacial score (nSPS) is 23.5. The first-order valence-electron chi connectivity index (χ1n) is 7.47. The molecule has 2 aliphatic rings. The van der Waals surface area contributed by atoms with Crippen molar-refractivity contribution in [2.45, 2.75) is 25.3 Å². The van der Waals surface area contributed by atoms with E-state index in [2.05, 4.69) is 5.32 Å². The van der Waals surface area contributed by atoms with E-state index in [1.807, 2.05) is 6.92 Å². The molecule has 1 aromatic rings. The second-order valence-corrected chi connectivity index (χ2v) is 8.24. The van der Waals surface area contributed by atoms with Crippen LogP contribution in [0.2, 0.25) is 0 Å². The fourth-order valence-corrected chi connectivity index (χ4v) is 5.11. The summed E-state index contributed by atoms with van der Waals surface area (Å²) in [5.41, 5.74) is 0.812. The van der Waals surface area contributed by atoms with Crippen molar-refractivity contribution >= 4 is 27.6 Å². The fourth-order valence-electron chi connectivity index (χ4n) is 3.07. The van der Waals surface area contributed by atoms with Gasteiger partial charge in [-0.15, -0.1) is 0 Å². The molecule has 1 saturated heterocycles. The fraction of sp³-hybridized carbons (Fsp3) is 0.312. The molecule has 2 amide bonds. The van der Waals surface area contributed by atoms with E-state index in [0.717, 1.165) is 5.56 Å². The third kappa shape index (κ3) is 3.32. The van der Waals surface area contributed by atoms with Crippen LogP contribution in [0.5, 0.6) is 0 Å². The Labute approximate surface area is 172 Å². The Kier molecular flexibility index (Phi) is 5.67. The quantitative estimate of drug-likeness (QED) is 0.414. The number of hydrogen-bond donors (Lipinski definition) is 1. The molecule has 2 aliphatic heterocycles. The van der Waals surface area contributed by atoms with Crippen molar-refractivity contribution in [1.29, 1.82) is 0 Å². The van der Waals surface area contributed by atoms with Gasteiger partial charge in [0.1, 0.15) is 6.04 Å². The molecule has 0 aliphatic carbocycles. The number of β-lactam (4-membered cyclic amide) rings is 1. The average molecular weight is 386 g/mol. The summed E-state index contributed by atoms with van der Waals surface area (Å²) in [5.74, 6) is -3.50. The minimum atomic E-state index is -3.81. The molecule has 1 unspecified atom stereocenters. The van der Waals surface area contributed by atoms with E-state index in [1.165, 1.54) is 6.92 Å². The van der Waals surface area contributed by atoms with E-state index >= 15 is 0 Å². The summed E-state index contributed by atoms with van der Waals surface area (Å²) in [5, 5.41) is 12.2. The van der Waals surface area contributed by atoms with Crippen LogP contribution in [0.4, 0.5) is 0 Å². The zero-order chi connectivity index (χ0) is 18.5. The van der Waals surface area contributed by atoms with Gasteiger partial charge in [-0.25, -0.2) is 8.42 Å². The summed E-state index contributed by atoms with van der Waals surface area (Å²) in [4.78, 5) is 36.5. The molecule has 1 fully saturated rings.